The van der Waals surface area contributed by atoms with Gasteiger partial charge in [-0.05, 0) is 35.7 Å². The van der Waals surface area contributed by atoms with E-state index in [0.29, 0.717) is 0 Å². The van der Waals surface area contributed by atoms with Crippen molar-refractivity contribution in [2.75, 3.05) is 0 Å². The van der Waals surface area contributed by atoms with E-state index in [0.717, 1.165) is 17.6 Å². The molecular weight excluding hydrogens is 276 g/mol. The molecule has 0 saturated heterocycles. The molecule has 0 radical (unpaired) electrons. The number of hydrogen-bond donors (Lipinski definition) is 1. The second-order valence-corrected chi connectivity index (χ2v) is 4.90. The SMILES string of the molecule is Cc1ccc(CNCc2cccnc2)cc1Br. The molecular formula is C14H15BrN2. The average Bonchev–Trinajstić information content (AvgIpc) is 2.35. The molecule has 1 aromatic heterocycles. The number of nitrogens with one attached hydrogen (secondary N) is 1. The fraction of sp³-hybridized carbons (Fsp3) is 0.214. The first kappa shape index (κ1) is 12.3. The Kier molecular flexibility index (Phi) is 4.29. The predicted octanol–water partition coefficient (Wildman–Crippen LogP) is 3.44. The topological polar surface area (TPSA) is 24.9 Å². The molecule has 0 fully saturated rings. The number of hydrogen-bond acceptors (Lipinski definition) is 2. The summed E-state index contributed by atoms with van der Waals surface area (Å²) in [5, 5.41) is 3.40. The first-order valence-electron chi connectivity index (χ1n) is 5.60. The van der Waals surface area contributed by atoms with Crippen molar-refractivity contribution < 1.29 is 0 Å². The molecule has 88 valence electrons. The van der Waals surface area contributed by atoms with E-state index in [1.165, 1.54) is 16.7 Å². The van der Waals surface area contributed by atoms with E-state index in [2.05, 4.69) is 57.4 Å². The number of rotatable bonds is 4. The van der Waals surface area contributed by atoms with Gasteiger partial charge in [0.15, 0.2) is 0 Å². The van der Waals surface area contributed by atoms with Crippen molar-refractivity contribution >= 4 is 15.9 Å². The molecule has 1 heterocycles. The summed E-state index contributed by atoms with van der Waals surface area (Å²) in [5.74, 6) is 0. The van der Waals surface area contributed by atoms with E-state index in [9.17, 15) is 0 Å². The molecule has 2 aromatic rings. The van der Waals surface area contributed by atoms with Gasteiger partial charge in [0.2, 0.25) is 0 Å². The van der Waals surface area contributed by atoms with Crippen LogP contribution in [-0.4, -0.2) is 4.98 Å². The Morgan fingerprint density at radius 2 is 2.00 bits per heavy atom. The third-order valence-electron chi connectivity index (χ3n) is 2.62. The first-order valence-corrected chi connectivity index (χ1v) is 6.39. The fourth-order valence-electron chi connectivity index (χ4n) is 1.60. The van der Waals surface area contributed by atoms with Crippen molar-refractivity contribution in [3.05, 3.63) is 63.9 Å². The third kappa shape index (κ3) is 3.65. The lowest BCUT2D eigenvalue weighted by molar-refractivity contribution is 0.691. The Labute approximate surface area is 110 Å². The lowest BCUT2D eigenvalue weighted by atomic mass is 10.1. The minimum atomic E-state index is 0.847. The zero-order valence-corrected chi connectivity index (χ0v) is 11.4. The quantitative estimate of drug-likeness (QED) is 0.933. The van der Waals surface area contributed by atoms with Gasteiger partial charge >= 0.3 is 0 Å². The highest BCUT2D eigenvalue weighted by Gasteiger charge is 1.97. The van der Waals surface area contributed by atoms with E-state index in [-0.39, 0.29) is 0 Å². The van der Waals surface area contributed by atoms with Gasteiger partial charge in [0.05, 0.1) is 0 Å². The van der Waals surface area contributed by atoms with Gasteiger partial charge in [-0.2, -0.15) is 0 Å². The maximum Gasteiger partial charge on any atom is 0.0312 e. The van der Waals surface area contributed by atoms with Gasteiger partial charge in [-0.25, -0.2) is 0 Å². The van der Waals surface area contributed by atoms with Crippen molar-refractivity contribution in [1.29, 1.82) is 0 Å². The summed E-state index contributed by atoms with van der Waals surface area (Å²) in [7, 11) is 0. The molecule has 0 atom stereocenters. The molecule has 0 aliphatic rings. The zero-order chi connectivity index (χ0) is 12.1. The molecule has 0 bridgehead atoms. The van der Waals surface area contributed by atoms with E-state index in [4.69, 9.17) is 0 Å². The molecule has 1 aromatic carbocycles. The molecule has 0 saturated carbocycles. The monoisotopic (exact) mass is 290 g/mol. The van der Waals surface area contributed by atoms with E-state index >= 15 is 0 Å². The van der Waals surface area contributed by atoms with Crippen LogP contribution in [0, 0.1) is 6.92 Å². The molecule has 17 heavy (non-hydrogen) atoms. The van der Waals surface area contributed by atoms with Crippen LogP contribution in [0.5, 0.6) is 0 Å². The predicted molar refractivity (Wildman–Crippen MR) is 73.7 cm³/mol. The van der Waals surface area contributed by atoms with Gasteiger partial charge in [-0.3, -0.25) is 4.98 Å². The number of aromatic nitrogens is 1. The number of aryl methyl sites for hydroxylation is 1. The first-order chi connectivity index (χ1) is 8.25. The standard InChI is InChI=1S/C14H15BrN2/c1-11-4-5-12(7-14(11)15)8-17-10-13-3-2-6-16-9-13/h2-7,9,17H,8,10H2,1H3. The molecule has 2 nitrogen and oxygen atoms in total. The van der Waals surface area contributed by atoms with Crippen molar-refractivity contribution in [2.45, 2.75) is 20.0 Å². The maximum atomic E-state index is 4.09. The Morgan fingerprint density at radius 3 is 2.71 bits per heavy atom. The van der Waals surface area contributed by atoms with Crippen LogP contribution in [0.1, 0.15) is 16.7 Å². The van der Waals surface area contributed by atoms with Gasteiger partial charge in [0, 0.05) is 30.0 Å². The van der Waals surface area contributed by atoms with E-state index in [1.807, 2.05) is 12.3 Å². The largest absolute Gasteiger partial charge is 0.309 e. The van der Waals surface area contributed by atoms with E-state index < -0.39 is 0 Å². The number of benzene rings is 1. The highest BCUT2D eigenvalue weighted by atomic mass is 79.9. The molecule has 0 aliphatic heterocycles. The normalized spacial score (nSPS) is 10.5. The van der Waals surface area contributed by atoms with Gasteiger partial charge in [-0.1, -0.05) is 34.1 Å². The number of halogens is 1. The van der Waals surface area contributed by atoms with Crippen LogP contribution < -0.4 is 5.32 Å². The van der Waals surface area contributed by atoms with Crippen LogP contribution >= 0.6 is 15.9 Å². The summed E-state index contributed by atoms with van der Waals surface area (Å²) in [4.78, 5) is 4.09. The van der Waals surface area contributed by atoms with Crippen LogP contribution in [0.15, 0.2) is 47.2 Å². The Bertz CT molecular complexity index is 483. The fourth-order valence-corrected chi connectivity index (χ4v) is 2.03. The second kappa shape index (κ2) is 5.94. The van der Waals surface area contributed by atoms with E-state index in [1.54, 1.807) is 6.20 Å². The van der Waals surface area contributed by atoms with Crippen LogP contribution in [0.4, 0.5) is 0 Å². The van der Waals surface area contributed by atoms with Crippen LogP contribution in [0.25, 0.3) is 0 Å². The molecule has 2 rings (SSSR count). The summed E-state index contributed by atoms with van der Waals surface area (Å²) >= 11 is 3.55. The van der Waals surface area contributed by atoms with Gasteiger partial charge in [0.1, 0.15) is 0 Å². The van der Waals surface area contributed by atoms with Crippen molar-refractivity contribution in [3.8, 4) is 0 Å². The Balaban J connectivity index is 1.88. The van der Waals surface area contributed by atoms with Crippen LogP contribution in [-0.2, 0) is 13.1 Å². The van der Waals surface area contributed by atoms with Crippen molar-refractivity contribution in [2.24, 2.45) is 0 Å². The molecule has 0 unspecified atom stereocenters. The molecule has 0 spiro atoms. The Morgan fingerprint density at radius 1 is 1.18 bits per heavy atom. The highest BCUT2D eigenvalue weighted by molar-refractivity contribution is 9.10. The summed E-state index contributed by atoms with van der Waals surface area (Å²) in [6.45, 7) is 3.81. The third-order valence-corrected chi connectivity index (χ3v) is 3.47. The Hall–Kier alpha value is -1.19. The van der Waals surface area contributed by atoms with Gasteiger partial charge in [-0.15, -0.1) is 0 Å². The lowest BCUT2D eigenvalue weighted by Gasteiger charge is -2.06. The highest BCUT2D eigenvalue weighted by Crippen LogP contribution is 2.17. The average molecular weight is 291 g/mol. The van der Waals surface area contributed by atoms with Crippen LogP contribution in [0.2, 0.25) is 0 Å². The summed E-state index contributed by atoms with van der Waals surface area (Å²) in [6.07, 6.45) is 3.68. The maximum absolute atomic E-state index is 4.09. The van der Waals surface area contributed by atoms with Crippen LogP contribution in [0.3, 0.4) is 0 Å². The number of pyridine rings is 1. The smallest absolute Gasteiger partial charge is 0.0312 e. The second-order valence-electron chi connectivity index (χ2n) is 4.05. The minimum Gasteiger partial charge on any atom is -0.309 e. The zero-order valence-electron chi connectivity index (χ0n) is 9.78. The summed E-state index contributed by atoms with van der Waals surface area (Å²) in [5.41, 5.74) is 3.76. The van der Waals surface area contributed by atoms with Gasteiger partial charge in [0.25, 0.3) is 0 Å². The van der Waals surface area contributed by atoms with Crippen molar-refractivity contribution in [3.63, 3.8) is 0 Å². The summed E-state index contributed by atoms with van der Waals surface area (Å²) < 4.78 is 1.16. The molecule has 0 aliphatic carbocycles. The summed E-state index contributed by atoms with van der Waals surface area (Å²) in [6, 6.07) is 10.5. The van der Waals surface area contributed by atoms with Gasteiger partial charge < -0.3 is 5.32 Å². The number of nitrogens with zero attached hydrogens (tertiary/aromatic N) is 1. The lowest BCUT2D eigenvalue weighted by Crippen LogP contribution is -2.12. The van der Waals surface area contributed by atoms with Crippen molar-refractivity contribution in [1.82, 2.24) is 10.3 Å². The minimum absolute atomic E-state index is 0.847. The molecule has 0 amide bonds. The molecule has 1 N–H and O–H groups in total. The molecule has 3 heteroatoms.